The summed E-state index contributed by atoms with van der Waals surface area (Å²) in [5.74, 6) is 1.56. The van der Waals surface area contributed by atoms with Crippen molar-refractivity contribution in [3.8, 4) is 0 Å². The Hall–Kier alpha value is -0.0800. The molecule has 0 radical (unpaired) electrons. The molecule has 3 fully saturated rings. The van der Waals surface area contributed by atoms with Gasteiger partial charge in [0.15, 0.2) is 0 Å². The third kappa shape index (κ3) is 2.53. The van der Waals surface area contributed by atoms with Crippen molar-refractivity contribution in [2.75, 3.05) is 13.1 Å². The zero-order chi connectivity index (χ0) is 11.7. The van der Waals surface area contributed by atoms with Crippen molar-refractivity contribution >= 4 is 0 Å². The van der Waals surface area contributed by atoms with E-state index in [-0.39, 0.29) is 6.10 Å². The van der Waals surface area contributed by atoms with Crippen LogP contribution in [0.2, 0.25) is 0 Å². The molecule has 0 amide bonds. The standard InChI is InChI=1S/C15H27NO/c17-15-9-2-1-5-13(15)11-16-10-4-7-12-6-3-8-14(12)16/h12-15,17H,1-11H2. The van der Waals surface area contributed by atoms with Gasteiger partial charge >= 0.3 is 0 Å². The molecular weight excluding hydrogens is 210 g/mol. The maximum Gasteiger partial charge on any atom is 0.0580 e. The van der Waals surface area contributed by atoms with Gasteiger partial charge in [-0.3, -0.25) is 4.90 Å². The Kier molecular flexibility index (Phi) is 3.72. The molecular formula is C15H27NO. The zero-order valence-corrected chi connectivity index (χ0v) is 11.0. The monoisotopic (exact) mass is 237 g/mol. The summed E-state index contributed by atoms with van der Waals surface area (Å²) in [4.78, 5) is 2.74. The largest absolute Gasteiger partial charge is 0.393 e. The van der Waals surface area contributed by atoms with Crippen LogP contribution in [0.15, 0.2) is 0 Å². The summed E-state index contributed by atoms with van der Waals surface area (Å²) >= 11 is 0. The molecule has 98 valence electrons. The maximum absolute atomic E-state index is 10.1. The summed E-state index contributed by atoms with van der Waals surface area (Å²) in [5.41, 5.74) is 0. The predicted molar refractivity (Wildman–Crippen MR) is 69.9 cm³/mol. The van der Waals surface area contributed by atoms with Gasteiger partial charge in [0.25, 0.3) is 0 Å². The summed E-state index contributed by atoms with van der Waals surface area (Å²) in [6, 6.07) is 0.873. The van der Waals surface area contributed by atoms with Gasteiger partial charge in [-0.1, -0.05) is 19.3 Å². The van der Waals surface area contributed by atoms with Gasteiger partial charge in [-0.25, -0.2) is 0 Å². The minimum absolute atomic E-state index is 0.00877. The lowest BCUT2D eigenvalue weighted by molar-refractivity contribution is 0.0196. The van der Waals surface area contributed by atoms with Crippen LogP contribution in [-0.4, -0.2) is 35.2 Å². The van der Waals surface area contributed by atoms with E-state index < -0.39 is 0 Å². The van der Waals surface area contributed by atoms with Gasteiger partial charge in [-0.15, -0.1) is 0 Å². The Morgan fingerprint density at radius 1 is 0.882 bits per heavy atom. The van der Waals surface area contributed by atoms with Crippen molar-refractivity contribution in [1.82, 2.24) is 4.90 Å². The summed E-state index contributed by atoms with van der Waals surface area (Å²) < 4.78 is 0. The van der Waals surface area contributed by atoms with E-state index in [4.69, 9.17) is 0 Å². The summed E-state index contributed by atoms with van der Waals surface area (Å²) in [7, 11) is 0. The number of rotatable bonds is 2. The number of fused-ring (bicyclic) bond motifs is 1. The second-order valence-electron chi connectivity index (χ2n) is 6.51. The van der Waals surface area contributed by atoms with Crippen LogP contribution in [0.3, 0.4) is 0 Å². The molecule has 1 aliphatic heterocycles. The van der Waals surface area contributed by atoms with Gasteiger partial charge in [0.05, 0.1) is 6.10 Å². The molecule has 1 saturated heterocycles. The first-order chi connectivity index (χ1) is 8.34. The van der Waals surface area contributed by atoms with Gasteiger partial charge in [0.1, 0.15) is 0 Å². The number of aliphatic hydroxyl groups excluding tert-OH is 1. The van der Waals surface area contributed by atoms with E-state index in [0.29, 0.717) is 5.92 Å². The Labute approximate surface area is 105 Å². The van der Waals surface area contributed by atoms with Gasteiger partial charge in [0.2, 0.25) is 0 Å². The first-order valence-electron chi connectivity index (χ1n) is 7.77. The highest BCUT2D eigenvalue weighted by atomic mass is 16.3. The quantitative estimate of drug-likeness (QED) is 0.798. The topological polar surface area (TPSA) is 23.5 Å². The molecule has 2 nitrogen and oxygen atoms in total. The van der Waals surface area contributed by atoms with Crippen LogP contribution in [0.25, 0.3) is 0 Å². The molecule has 1 N–H and O–H groups in total. The fourth-order valence-corrected chi connectivity index (χ4v) is 4.49. The highest BCUT2D eigenvalue weighted by Gasteiger charge is 2.36. The molecule has 0 aromatic carbocycles. The molecule has 1 heterocycles. The van der Waals surface area contributed by atoms with E-state index in [2.05, 4.69) is 4.90 Å². The molecule has 0 aromatic heterocycles. The zero-order valence-electron chi connectivity index (χ0n) is 11.0. The van der Waals surface area contributed by atoms with Crippen LogP contribution >= 0.6 is 0 Å². The average Bonchev–Trinajstić information content (AvgIpc) is 2.81. The van der Waals surface area contributed by atoms with Crippen molar-refractivity contribution in [3.63, 3.8) is 0 Å². The minimum Gasteiger partial charge on any atom is -0.393 e. The third-order valence-corrected chi connectivity index (χ3v) is 5.45. The first-order valence-corrected chi connectivity index (χ1v) is 7.77. The molecule has 2 saturated carbocycles. The number of hydrogen-bond acceptors (Lipinski definition) is 2. The van der Waals surface area contributed by atoms with Crippen molar-refractivity contribution in [2.45, 2.75) is 69.9 Å². The van der Waals surface area contributed by atoms with Crippen LogP contribution in [0.4, 0.5) is 0 Å². The fraction of sp³-hybridized carbons (Fsp3) is 1.00. The number of hydrogen-bond donors (Lipinski definition) is 1. The van der Waals surface area contributed by atoms with E-state index in [0.717, 1.165) is 18.4 Å². The summed E-state index contributed by atoms with van der Waals surface area (Å²) in [5, 5.41) is 10.1. The number of likely N-dealkylation sites (tertiary alicyclic amines) is 1. The van der Waals surface area contributed by atoms with Crippen molar-refractivity contribution in [1.29, 1.82) is 0 Å². The highest BCUT2D eigenvalue weighted by molar-refractivity contribution is 4.91. The molecule has 0 spiro atoms. The number of aliphatic hydroxyl groups is 1. The molecule has 0 aromatic rings. The summed E-state index contributed by atoms with van der Waals surface area (Å²) in [6.45, 7) is 2.48. The predicted octanol–water partition coefficient (Wildman–Crippen LogP) is 2.80. The molecule has 2 aliphatic carbocycles. The Morgan fingerprint density at radius 2 is 1.71 bits per heavy atom. The van der Waals surface area contributed by atoms with E-state index >= 15 is 0 Å². The first kappa shape index (κ1) is 12.0. The van der Waals surface area contributed by atoms with Crippen LogP contribution in [0.1, 0.15) is 57.8 Å². The maximum atomic E-state index is 10.1. The van der Waals surface area contributed by atoms with Gasteiger partial charge in [-0.2, -0.15) is 0 Å². The molecule has 2 heteroatoms. The lowest BCUT2D eigenvalue weighted by atomic mass is 9.84. The molecule has 0 bridgehead atoms. The van der Waals surface area contributed by atoms with E-state index in [1.54, 1.807) is 0 Å². The molecule has 4 unspecified atom stereocenters. The van der Waals surface area contributed by atoms with E-state index in [1.807, 2.05) is 0 Å². The van der Waals surface area contributed by atoms with Crippen molar-refractivity contribution in [2.24, 2.45) is 11.8 Å². The van der Waals surface area contributed by atoms with Crippen LogP contribution in [0, 0.1) is 11.8 Å². The fourth-order valence-electron chi connectivity index (χ4n) is 4.49. The lowest BCUT2D eigenvalue weighted by Gasteiger charge is -2.41. The number of piperidine rings is 1. The average molecular weight is 237 g/mol. The Bertz CT molecular complexity index is 255. The highest BCUT2D eigenvalue weighted by Crippen LogP contribution is 2.38. The van der Waals surface area contributed by atoms with Crippen molar-refractivity contribution in [3.05, 3.63) is 0 Å². The van der Waals surface area contributed by atoms with Gasteiger partial charge in [-0.05, 0) is 56.9 Å². The molecule has 3 aliphatic rings. The van der Waals surface area contributed by atoms with Gasteiger partial charge < -0.3 is 5.11 Å². The van der Waals surface area contributed by atoms with Crippen LogP contribution < -0.4 is 0 Å². The normalized spacial score (nSPS) is 43.6. The molecule has 4 atom stereocenters. The minimum atomic E-state index is -0.00877. The molecule has 3 rings (SSSR count). The van der Waals surface area contributed by atoms with Crippen LogP contribution in [0.5, 0.6) is 0 Å². The number of nitrogens with zero attached hydrogens (tertiary/aromatic N) is 1. The third-order valence-electron chi connectivity index (χ3n) is 5.45. The van der Waals surface area contributed by atoms with E-state index in [9.17, 15) is 5.11 Å². The Morgan fingerprint density at radius 3 is 2.59 bits per heavy atom. The second kappa shape index (κ2) is 5.27. The molecule has 17 heavy (non-hydrogen) atoms. The van der Waals surface area contributed by atoms with E-state index in [1.165, 1.54) is 64.5 Å². The Balaban J connectivity index is 1.59. The smallest absolute Gasteiger partial charge is 0.0580 e. The van der Waals surface area contributed by atoms with Crippen molar-refractivity contribution < 1.29 is 5.11 Å². The SMILES string of the molecule is OC1CCCCC1CN1CCCC2CCCC21. The van der Waals surface area contributed by atoms with Crippen LogP contribution in [-0.2, 0) is 0 Å². The lowest BCUT2D eigenvalue weighted by Crippen LogP contribution is -2.47. The van der Waals surface area contributed by atoms with Gasteiger partial charge in [0, 0.05) is 12.6 Å². The summed E-state index contributed by atoms with van der Waals surface area (Å²) in [6.07, 6.45) is 12.1. The second-order valence-corrected chi connectivity index (χ2v) is 6.51.